The summed E-state index contributed by atoms with van der Waals surface area (Å²) in [7, 11) is -0.560. The van der Waals surface area contributed by atoms with E-state index in [0.29, 0.717) is 0 Å². The monoisotopic (exact) mass is 292 g/mol. The van der Waals surface area contributed by atoms with Crippen molar-refractivity contribution >= 4 is 27.3 Å². The molecular formula is C10H16N2O4S2. The molecule has 0 amide bonds. The molecule has 1 aromatic rings. The van der Waals surface area contributed by atoms with Gasteiger partial charge in [-0.3, -0.25) is 4.79 Å². The maximum absolute atomic E-state index is 11.9. The van der Waals surface area contributed by atoms with E-state index in [9.17, 15) is 13.2 Å². The summed E-state index contributed by atoms with van der Waals surface area (Å²) >= 11 is 1.42. The van der Waals surface area contributed by atoms with Crippen LogP contribution in [-0.2, 0) is 26.1 Å². The smallest absolute Gasteiger partial charge is 0.305 e. The maximum Gasteiger partial charge on any atom is 0.305 e. The molecule has 1 heterocycles. The van der Waals surface area contributed by atoms with Crippen LogP contribution in [0, 0.1) is 0 Å². The summed E-state index contributed by atoms with van der Waals surface area (Å²) in [5.74, 6) is -0.463. The minimum absolute atomic E-state index is 0.0667. The van der Waals surface area contributed by atoms with Crippen molar-refractivity contribution in [1.82, 2.24) is 9.29 Å². The van der Waals surface area contributed by atoms with Gasteiger partial charge in [-0.25, -0.2) is 13.4 Å². The number of carbonyl (C=O) groups is 1. The van der Waals surface area contributed by atoms with Gasteiger partial charge in [0.1, 0.15) is 0 Å². The molecule has 18 heavy (non-hydrogen) atoms. The second-order valence-corrected chi connectivity index (χ2v) is 6.65. The lowest BCUT2D eigenvalue weighted by atomic mass is 10.3. The van der Waals surface area contributed by atoms with Crippen molar-refractivity contribution in [2.24, 2.45) is 0 Å². The normalized spacial score (nSPS) is 11.7. The number of thiazole rings is 1. The Hall–Kier alpha value is -0.990. The van der Waals surface area contributed by atoms with Crippen LogP contribution in [0.15, 0.2) is 10.9 Å². The molecule has 0 saturated carbocycles. The van der Waals surface area contributed by atoms with Crippen LogP contribution in [0.5, 0.6) is 0 Å². The van der Waals surface area contributed by atoms with Gasteiger partial charge in [0, 0.05) is 18.8 Å². The second kappa shape index (κ2) is 6.81. The van der Waals surface area contributed by atoms with Gasteiger partial charge in [-0.05, 0) is 6.42 Å². The number of hydrogen-bond acceptors (Lipinski definition) is 6. The SMILES string of the molecule is COC(=O)CCCS(=O)(=O)N(C)Cc1cscn1. The van der Waals surface area contributed by atoms with E-state index in [4.69, 9.17) is 0 Å². The fraction of sp³-hybridized carbons (Fsp3) is 0.600. The molecule has 1 rings (SSSR count). The van der Waals surface area contributed by atoms with Crippen molar-refractivity contribution < 1.29 is 17.9 Å². The summed E-state index contributed by atoms with van der Waals surface area (Å²) in [5.41, 5.74) is 2.38. The molecular weight excluding hydrogens is 276 g/mol. The fourth-order valence-electron chi connectivity index (χ4n) is 1.30. The van der Waals surface area contributed by atoms with Crippen LogP contribution < -0.4 is 0 Å². The first-order chi connectivity index (χ1) is 8.45. The molecule has 0 bridgehead atoms. The highest BCUT2D eigenvalue weighted by Crippen LogP contribution is 2.09. The van der Waals surface area contributed by atoms with E-state index < -0.39 is 16.0 Å². The van der Waals surface area contributed by atoms with Crippen molar-refractivity contribution in [3.05, 3.63) is 16.6 Å². The third kappa shape index (κ3) is 4.71. The number of carbonyl (C=O) groups excluding carboxylic acids is 1. The molecule has 8 heteroatoms. The molecule has 0 aromatic carbocycles. The molecule has 0 fully saturated rings. The number of sulfonamides is 1. The number of hydrogen-bond donors (Lipinski definition) is 0. The highest BCUT2D eigenvalue weighted by molar-refractivity contribution is 7.89. The Labute approximate surface area is 111 Å². The maximum atomic E-state index is 11.9. The van der Waals surface area contributed by atoms with Gasteiger partial charge in [0.2, 0.25) is 10.0 Å². The van der Waals surface area contributed by atoms with Crippen LogP contribution in [0.4, 0.5) is 0 Å². The van der Waals surface area contributed by atoms with Gasteiger partial charge in [0.15, 0.2) is 0 Å². The van der Waals surface area contributed by atoms with Gasteiger partial charge in [0.05, 0.1) is 30.6 Å². The first-order valence-corrected chi connectivity index (χ1v) is 7.89. The van der Waals surface area contributed by atoms with Crippen molar-refractivity contribution in [2.45, 2.75) is 19.4 Å². The predicted octanol–water partition coefficient (Wildman–Crippen LogP) is 0.858. The summed E-state index contributed by atoms with van der Waals surface area (Å²) in [6, 6.07) is 0. The van der Waals surface area contributed by atoms with Crippen LogP contribution in [0.1, 0.15) is 18.5 Å². The van der Waals surface area contributed by atoms with E-state index in [1.807, 2.05) is 0 Å². The number of rotatable bonds is 7. The number of aromatic nitrogens is 1. The molecule has 0 aliphatic carbocycles. The highest BCUT2D eigenvalue weighted by atomic mass is 32.2. The molecule has 0 saturated heterocycles. The van der Waals surface area contributed by atoms with Crippen molar-refractivity contribution in [3.63, 3.8) is 0 Å². The Bertz CT molecular complexity index is 470. The highest BCUT2D eigenvalue weighted by Gasteiger charge is 2.19. The molecule has 0 spiro atoms. The lowest BCUT2D eigenvalue weighted by Crippen LogP contribution is -2.29. The number of nitrogens with zero attached hydrogens (tertiary/aromatic N) is 2. The zero-order valence-electron chi connectivity index (χ0n) is 10.3. The Balaban J connectivity index is 2.45. The Kier molecular flexibility index (Phi) is 5.70. The quantitative estimate of drug-likeness (QED) is 0.697. The molecule has 0 unspecified atom stereocenters. The summed E-state index contributed by atoms with van der Waals surface area (Å²) < 4.78 is 29.5. The average molecular weight is 292 g/mol. The minimum atomic E-state index is -3.35. The summed E-state index contributed by atoms with van der Waals surface area (Å²) in [5, 5.41) is 1.81. The Morgan fingerprint density at radius 2 is 2.28 bits per heavy atom. The van der Waals surface area contributed by atoms with Crippen LogP contribution in [0.25, 0.3) is 0 Å². The minimum Gasteiger partial charge on any atom is -0.469 e. The molecule has 0 N–H and O–H groups in total. The lowest BCUT2D eigenvalue weighted by molar-refractivity contribution is -0.140. The second-order valence-electron chi connectivity index (χ2n) is 3.73. The Morgan fingerprint density at radius 3 is 2.83 bits per heavy atom. The topological polar surface area (TPSA) is 76.6 Å². The van der Waals surface area contributed by atoms with Crippen molar-refractivity contribution in [2.75, 3.05) is 19.9 Å². The van der Waals surface area contributed by atoms with E-state index >= 15 is 0 Å². The number of esters is 1. The summed E-state index contributed by atoms with van der Waals surface area (Å²) in [4.78, 5) is 14.9. The molecule has 0 aliphatic rings. The van der Waals surface area contributed by atoms with Gasteiger partial charge in [-0.15, -0.1) is 11.3 Å². The summed E-state index contributed by atoms with van der Waals surface area (Å²) in [6.07, 6.45) is 0.372. The van der Waals surface area contributed by atoms with E-state index in [2.05, 4.69) is 9.72 Å². The number of ether oxygens (including phenoxy) is 1. The lowest BCUT2D eigenvalue weighted by Gasteiger charge is -2.15. The largest absolute Gasteiger partial charge is 0.469 e. The van der Waals surface area contributed by atoms with E-state index in [1.165, 1.54) is 29.8 Å². The zero-order valence-corrected chi connectivity index (χ0v) is 12.0. The first kappa shape index (κ1) is 15.1. The van der Waals surface area contributed by atoms with Crippen LogP contribution in [0.2, 0.25) is 0 Å². The van der Waals surface area contributed by atoms with Crippen LogP contribution >= 0.6 is 11.3 Å². The van der Waals surface area contributed by atoms with Gasteiger partial charge in [0.25, 0.3) is 0 Å². The third-order valence-corrected chi connectivity index (χ3v) is 4.87. The predicted molar refractivity (Wildman–Crippen MR) is 68.6 cm³/mol. The van der Waals surface area contributed by atoms with Gasteiger partial charge >= 0.3 is 5.97 Å². The number of methoxy groups -OCH3 is 1. The first-order valence-electron chi connectivity index (χ1n) is 5.33. The van der Waals surface area contributed by atoms with Crippen molar-refractivity contribution in [3.8, 4) is 0 Å². The van der Waals surface area contributed by atoms with Gasteiger partial charge < -0.3 is 4.74 Å². The molecule has 1 aromatic heterocycles. The Morgan fingerprint density at radius 1 is 1.56 bits per heavy atom. The molecule has 0 radical (unpaired) electrons. The van der Waals surface area contributed by atoms with E-state index in [-0.39, 0.29) is 25.1 Å². The van der Waals surface area contributed by atoms with E-state index in [1.54, 1.807) is 10.9 Å². The van der Waals surface area contributed by atoms with E-state index in [0.717, 1.165) is 5.69 Å². The third-order valence-electron chi connectivity index (χ3n) is 2.35. The molecule has 6 nitrogen and oxygen atoms in total. The van der Waals surface area contributed by atoms with Gasteiger partial charge in [-0.2, -0.15) is 4.31 Å². The standard InChI is InChI=1S/C10H16N2O4S2/c1-12(6-9-7-17-8-11-9)18(14,15)5-3-4-10(13)16-2/h7-8H,3-6H2,1-2H3. The summed E-state index contributed by atoms with van der Waals surface area (Å²) in [6.45, 7) is 0.254. The molecule has 0 atom stereocenters. The van der Waals surface area contributed by atoms with Crippen LogP contribution in [0.3, 0.4) is 0 Å². The molecule has 102 valence electrons. The fourth-order valence-corrected chi connectivity index (χ4v) is 3.00. The molecule has 0 aliphatic heterocycles. The van der Waals surface area contributed by atoms with Crippen molar-refractivity contribution in [1.29, 1.82) is 0 Å². The average Bonchev–Trinajstić information content (AvgIpc) is 2.81. The zero-order chi connectivity index (χ0) is 13.6. The van der Waals surface area contributed by atoms with Gasteiger partial charge in [-0.1, -0.05) is 0 Å². The van der Waals surface area contributed by atoms with Crippen LogP contribution in [-0.4, -0.2) is 43.6 Å².